The summed E-state index contributed by atoms with van der Waals surface area (Å²) in [4.78, 5) is 12.0. The molecule has 0 unspecified atom stereocenters. The topological polar surface area (TPSA) is 71.6 Å². The van der Waals surface area contributed by atoms with Gasteiger partial charge < -0.3 is 0 Å². The molecule has 0 saturated heterocycles. The summed E-state index contributed by atoms with van der Waals surface area (Å²) >= 11 is 0. The second kappa shape index (κ2) is 5.21. The molecule has 0 amide bonds. The Morgan fingerprint density at radius 1 is 1.29 bits per heavy atom. The molecule has 5 nitrogen and oxygen atoms in total. The summed E-state index contributed by atoms with van der Waals surface area (Å²) in [5.74, 6) is 0. The molecule has 0 bridgehead atoms. The molecule has 0 fully saturated rings. The Kier molecular flexibility index (Phi) is 3.46. The minimum Gasteiger partial charge on any atom is -0.267 e. The van der Waals surface area contributed by atoms with Crippen LogP contribution >= 0.6 is 0 Å². The molecule has 1 heterocycles. The van der Waals surface area contributed by atoms with Crippen molar-refractivity contribution in [2.75, 3.05) is 0 Å². The van der Waals surface area contributed by atoms with Gasteiger partial charge in [-0.05, 0) is 25.0 Å². The first-order chi connectivity index (χ1) is 8.33. The minimum atomic E-state index is -0.118. The Morgan fingerprint density at radius 3 is 2.94 bits per heavy atom. The molecule has 1 aromatic carbocycles. The van der Waals surface area contributed by atoms with Crippen molar-refractivity contribution >= 4 is 10.9 Å². The van der Waals surface area contributed by atoms with Gasteiger partial charge in [-0.3, -0.25) is 4.79 Å². The fraction of sp³-hybridized carbons (Fsp3) is 0.333. The van der Waals surface area contributed by atoms with Crippen molar-refractivity contribution in [2.45, 2.75) is 25.8 Å². The van der Waals surface area contributed by atoms with Crippen molar-refractivity contribution in [1.29, 1.82) is 5.26 Å². The molecule has 0 radical (unpaired) electrons. The maximum Gasteiger partial charge on any atom is 0.277 e. The highest BCUT2D eigenvalue weighted by Crippen LogP contribution is 2.04. The van der Waals surface area contributed by atoms with Crippen molar-refractivity contribution < 1.29 is 0 Å². The lowest BCUT2D eigenvalue weighted by atomic mass is 10.2. The fourth-order valence-electron chi connectivity index (χ4n) is 1.64. The highest BCUT2D eigenvalue weighted by Gasteiger charge is 2.03. The molecule has 0 saturated carbocycles. The van der Waals surface area contributed by atoms with Gasteiger partial charge in [0.05, 0.1) is 11.5 Å². The lowest BCUT2D eigenvalue weighted by Crippen LogP contribution is -2.24. The zero-order valence-corrected chi connectivity index (χ0v) is 9.33. The lowest BCUT2D eigenvalue weighted by molar-refractivity contribution is 0.514. The second-order valence-electron chi connectivity index (χ2n) is 3.75. The van der Waals surface area contributed by atoms with Crippen LogP contribution < -0.4 is 5.56 Å². The Labute approximate surface area is 98.3 Å². The fourth-order valence-corrected chi connectivity index (χ4v) is 1.64. The Bertz CT molecular complexity index is 612. The quantitative estimate of drug-likeness (QED) is 0.743. The number of hydrogen-bond acceptors (Lipinski definition) is 4. The van der Waals surface area contributed by atoms with Gasteiger partial charge in [0, 0.05) is 13.0 Å². The van der Waals surface area contributed by atoms with E-state index in [1.165, 1.54) is 4.68 Å². The van der Waals surface area contributed by atoms with E-state index in [2.05, 4.69) is 16.4 Å². The van der Waals surface area contributed by atoms with Crippen LogP contribution in [0.5, 0.6) is 0 Å². The van der Waals surface area contributed by atoms with E-state index in [1.807, 2.05) is 12.1 Å². The van der Waals surface area contributed by atoms with Gasteiger partial charge >= 0.3 is 0 Å². The summed E-state index contributed by atoms with van der Waals surface area (Å²) in [5.41, 5.74) is 0.498. The second-order valence-corrected chi connectivity index (χ2v) is 3.75. The maximum absolute atomic E-state index is 12.0. The largest absolute Gasteiger partial charge is 0.277 e. The molecule has 0 aliphatic carbocycles. The number of nitriles is 1. The van der Waals surface area contributed by atoms with E-state index >= 15 is 0 Å². The van der Waals surface area contributed by atoms with Crippen LogP contribution in [0.15, 0.2) is 29.1 Å². The molecular formula is C12H12N4O. The van der Waals surface area contributed by atoms with Crippen LogP contribution in [0.3, 0.4) is 0 Å². The molecule has 0 N–H and O–H groups in total. The number of hydrogen-bond donors (Lipinski definition) is 0. The first-order valence-corrected chi connectivity index (χ1v) is 5.52. The lowest BCUT2D eigenvalue weighted by Gasteiger charge is -2.03. The third-order valence-corrected chi connectivity index (χ3v) is 2.54. The SMILES string of the molecule is N#CCCCCn1nnc2ccccc2c1=O. The van der Waals surface area contributed by atoms with Gasteiger partial charge in [-0.25, -0.2) is 4.68 Å². The van der Waals surface area contributed by atoms with Gasteiger partial charge in [-0.15, -0.1) is 5.10 Å². The first-order valence-electron chi connectivity index (χ1n) is 5.52. The number of rotatable bonds is 4. The minimum absolute atomic E-state index is 0.118. The number of benzene rings is 1. The van der Waals surface area contributed by atoms with E-state index in [-0.39, 0.29) is 5.56 Å². The summed E-state index contributed by atoms with van der Waals surface area (Å²) in [6.07, 6.45) is 2.05. The van der Waals surface area contributed by atoms with Crippen molar-refractivity contribution in [1.82, 2.24) is 15.0 Å². The van der Waals surface area contributed by atoms with Crippen molar-refractivity contribution in [3.63, 3.8) is 0 Å². The molecule has 2 aromatic rings. The average Bonchev–Trinajstić information content (AvgIpc) is 2.37. The number of unbranched alkanes of at least 4 members (excludes halogenated alkanes) is 2. The van der Waals surface area contributed by atoms with E-state index in [9.17, 15) is 4.79 Å². The molecule has 1 aromatic heterocycles. The van der Waals surface area contributed by atoms with Gasteiger partial charge in [-0.2, -0.15) is 5.26 Å². The molecule has 0 spiro atoms. The monoisotopic (exact) mass is 228 g/mol. The summed E-state index contributed by atoms with van der Waals surface area (Å²) in [7, 11) is 0. The van der Waals surface area contributed by atoms with Gasteiger partial charge in [-0.1, -0.05) is 17.3 Å². The Morgan fingerprint density at radius 2 is 2.12 bits per heavy atom. The molecular weight excluding hydrogens is 216 g/mol. The summed E-state index contributed by atoms with van der Waals surface area (Å²) in [6.45, 7) is 0.512. The third kappa shape index (κ3) is 2.48. The Hall–Kier alpha value is -2.22. The molecule has 0 aliphatic heterocycles. The van der Waals surface area contributed by atoms with E-state index in [0.717, 1.165) is 12.8 Å². The summed E-state index contributed by atoms with van der Waals surface area (Å²) < 4.78 is 1.36. The number of nitrogens with zero attached hydrogens (tertiary/aromatic N) is 4. The van der Waals surface area contributed by atoms with Gasteiger partial charge in [0.25, 0.3) is 5.56 Å². The van der Waals surface area contributed by atoms with Crippen LogP contribution in [0.2, 0.25) is 0 Å². The smallest absolute Gasteiger partial charge is 0.267 e. The summed E-state index contributed by atoms with van der Waals surface area (Å²) in [6, 6.07) is 9.23. The van der Waals surface area contributed by atoms with Crippen LogP contribution in [0.1, 0.15) is 19.3 Å². The highest BCUT2D eigenvalue weighted by molar-refractivity contribution is 5.76. The van der Waals surface area contributed by atoms with Gasteiger partial charge in [0.1, 0.15) is 5.52 Å². The van der Waals surface area contributed by atoms with Crippen molar-refractivity contribution in [3.05, 3.63) is 34.6 Å². The highest BCUT2D eigenvalue weighted by atomic mass is 16.1. The number of fused-ring (bicyclic) bond motifs is 1. The van der Waals surface area contributed by atoms with Crippen LogP contribution in [-0.2, 0) is 6.54 Å². The predicted octanol–water partition coefficient (Wildman–Crippen LogP) is 1.49. The van der Waals surface area contributed by atoms with Crippen LogP contribution in [0.4, 0.5) is 0 Å². The van der Waals surface area contributed by atoms with E-state index in [4.69, 9.17) is 5.26 Å². The van der Waals surface area contributed by atoms with Crippen LogP contribution in [-0.4, -0.2) is 15.0 Å². The van der Waals surface area contributed by atoms with Gasteiger partial charge in [0.15, 0.2) is 0 Å². The molecule has 5 heteroatoms. The normalized spacial score (nSPS) is 10.3. The third-order valence-electron chi connectivity index (χ3n) is 2.54. The predicted molar refractivity (Wildman–Crippen MR) is 63.3 cm³/mol. The summed E-state index contributed by atoms with van der Waals surface area (Å²) in [5, 5.41) is 16.9. The van der Waals surface area contributed by atoms with Crippen molar-refractivity contribution in [3.8, 4) is 6.07 Å². The number of aryl methyl sites for hydroxylation is 1. The van der Waals surface area contributed by atoms with Gasteiger partial charge in [0.2, 0.25) is 0 Å². The van der Waals surface area contributed by atoms with E-state index in [0.29, 0.717) is 23.9 Å². The maximum atomic E-state index is 12.0. The molecule has 0 aliphatic rings. The molecule has 17 heavy (non-hydrogen) atoms. The first kappa shape index (κ1) is 11.3. The zero-order valence-electron chi connectivity index (χ0n) is 9.33. The van der Waals surface area contributed by atoms with Crippen LogP contribution in [0.25, 0.3) is 10.9 Å². The molecule has 2 rings (SSSR count). The van der Waals surface area contributed by atoms with E-state index < -0.39 is 0 Å². The van der Waals surface area contributed by atoms with E-state index in [1.54, 1.807) is 12.1 Å². The standard InChI is InChI=1S/C12H12N4O/c13-8-4-1-5-9-16-12(17)10-6-2-3-7-11(10)14-15-16/h2-3,6-7H,1,4-5,9H2. The number of aromatic nitrogens is 3. The molecule has 86 valence electrons. The van der Waals surface area contributed by atoms with Crippen molar-refractivity contribution in [2.24, 2.45) is 0 Å². The zero-order chi connectivity index (χ0) is 12.1. The Balaban J connectivity index is 2.22. The molecule has 0 atom stereocenters. The average molecular weight is 228 g/mol. The van der Waals surface area contributed by atoms with Crippen LogP contribution in [0, 0.1) is 11.3 Å².